The first-order valence-corrected chi connectivity index (χ1v) is 10.6. The molecule has 0 fully saturated rings. The first-order chi connectivity index (χ1) is 14.1. The molecule has 0 aliphatic heterocycles. The Bertz CT molecular complexity index is 1180. The van der Waals surface area contributed by atoms with Gasteiger partial charge in [-0.05, 0) is 37.6 Å². The molecule has 0 bridgehead atoms. The van der Waals surface area contributed by atoms with Crippen LogP contribution in [0.5, 0.6) is 0 Å². The van der Waals surface area contributed by atoms with Crippen molar-refractivity contribution in [3.05, 3.63) is 59.2 Å². The summed E-state index contributed by atoms with van der Waals surface area (Å²) >= 11 is 7.49. The number of para-hydroxylation sites is 1. The zero-order valence-electron chi connectivity index (χ0n) is 16.1. The van der Waals surface area contributed by atoms with Gasteiger partial charge in [-0.1, -0.05) is 47.6 Å². The van der Waals surface area contributed by atoms with Crippen LogP contribution in [0.3, 0.4) is 0 Å². The number of aromatic nitrogens is 4. The molecule has 4 aromatic rings. The van der Waals surface area contributed by atoms with E-state index < -0.39 is 0 Å². The van der Waals surface area contributed by atoms with Gasteiger partial charge < -0.3 is 14.9 Å². The van der Waals surface area contributed by atoms with Gasteiger partial charge >= 0.3 is 0 Å². The molecular weight excluding hydrogens is 406 g/mol. The van der Waals surface area contributed by atoms with E-state index in [0.29, 0.717) is 22.4 Å². The van der Waals surface area contributed by atoms with Crippen molar-refractivity contribution in [3.63, 3.8) is 0 Å². The van der Waals surface area contributed by atoms with Crippen LogP contribution in [-0.4, -0.2) is 31.4 Å². The number of fused-ring (bicyclic) bond motifs is 1. The lowest BCUT2D eigenvalue weighted by atomic mass is 10.1. The number of anilines is 1. The second-order valence-corrected chi connectivity index (χ2v) is 7.95. The molecule has 1 amide bonds. The summed E-state index contributed by atoms with van der Waals surface area (Å²) in [5.41, 5.74) is 3.71. The van der Waals surface area contributed by atoms with E-state index in [-0.39, 0.29) is 11.7 Å². The molecule has 148 valence electrons. The SMILES string of the molecule is CCn1c(SCC(=O)Nc2ccc(C)c(Cl)c2)nnc1-c1c[nH]c2ccccc12. The lowest BCUT2D eigenvalue weighted by molar-refractivity contribution is -0.113. The van der Waals surface area contributed by atoms with Gasteiger partial charge in [0.2, 0.25) is 5.91 Å². The van der Waals surface area contributed by atoms with Gasteiger partial charge in [0.25, 0.3) is 0 Å². The molecule has 0 aliphatic rings. The minimum atomic E-state index is -0.116. The number of carbonyl (C=O) groups excluding carboxylic acids is 1. The third-order valence-corrected chi connectivity index (χ3v) is 6.03. The normalized spacial score (nSPS) is 11.1. The molecular formula is C21H20ClN5OS. The number of hydrogen-bond acceptors (Lipinski definition) is 4. The molecule has 0 unspecified atom stereocenters. The van der Waals surface area contributed by atoms with Crippen LogP contribution in [0, 0.1) is 6.92 Å². The monoisotopic (exact) mass is 425 g/mol. The maximum Gasteiger partial charge on any atom is 0.234 e. The quantitative estimate of drug-likeness (QED) is 0.419. The van der Waals surface area contributed by atoms with Crippen molar-refractivity contribution in [1.29, 1.82) is 0 Å². The average Bonchev–Trinajstić information content (AvgIpc) is 3.32. The molecule has 0 spiro atoms. The first kappa shape index (κ1) is 19.5. The second-order valence-electron chi connectivity index (χ2n) is 6.60. The summed E-state index contributed by atoms with van der Waals surface area (Å²) in [5.74, 6) is 0.907. The molecule has 0 saturated heterocycles. The largest absolute Gasteiger partial charge is 0.360 e. The number of carbonyl (C=O) groups is 1. The van der Waals surface area contributed by atoms with Gasteiger partial charge in [-0.15, -0.1) is 10.2 Å². The van der Waals surface area contributed by atoms with Crippen molar-refractivity contribution in [2.75, 3.05) is 11.1 Å². The number of aromatic amines is 1. The van der Waals surface area contributed by atoms with Crippen LogP contribution in [-0.2, 0) is 11.3 Å². The smallest absolute Gasteiger partial charge is 0.234 e. The molecule has 0 radical (unpaired) electrons. The van der Waals surface area contributed by atoms with E-state index in [0.717, 1.165) is 27.9 Å². The number of aryl methyl sites for hydroxylation is 1. The van der Waals surface area contributed by atoms with Crippen molar-refractivity contribution in [1.82, 2.24) is 19.7 Å². The number of nitrogens with one attached hydrogen (secondary N) is 2. The molecule has 0 saturated carbocycles. The molecule has 2 N–H and O–H groups in total. The van der Waals surface area contributed by atoms with Gasteiger partial charge in [-0.3, -0.25) is 4.79 Å². The summed E-state index contributed by atoms with van der Waals surface area (Å²) in [6.07, 6.45) is 1.95. The zero-order valence-corrected chi connectivity index (χ0v) is 17.6. The van der Waals surface area contributed by atoms with Gasteiger partial charge in [0, 0.05) is 39.9 Å². The topological polar surface area (TPSA) is 75.6 Å². The Hall–Kier alpha value is -2.77. The molecule has 0 aliphatic carbocycles. The fraction of sp³-hybridized carbons (Fsp3) is 0.190. The number of thioether (sulfide) groups is 1. The van der Waals surface area contributed by atoms with E-state index in [9.17, 15) is 4.79 Å². The summed E-state index contributed by atoms with van der Waals surface area (Å²) in [5, 5.41) is 14.0. The standard InChI is InChI=1S/C21H20ClN5OS/c1-3-27-20(16-11-23-18-7-5-4-6-15(16)18)25-26-21(27)29-12-19(28)24-14-9-8-13(2)17(22)10-14/h4-11,23H,3,12H2,1-2H3,(H,24,28). The maximum atomic E-state index is 12.4. The molecule has 4 rings (SSSR count). The van der Waals surface area contributed by atoms with Crippen LogP contribution in [0.15, 0.2) is 53.8 Å². The summed E-state index contributed by atoms with van der Waals surface area (Å²) in [6, 6.07) is 13.6. The highest BCUT2D eigenvalue weighted by Crippen LogP contribution is 2.30. The van der Waals surface area contributed by atoms with Crippen LogP contribution >= 0.6 is 23.4 Å². The Balaban J connectivity index is 1.49. The van der Waals surface area contributed by atoms with Crippen molar-refractivity contribution < 1.29 is 4.79 Å². The lowest BCUT2D eigenvalue weighted by Crippen LogP contribution is -2.14. The molecule has 0 atom stereocenters. The van der Waals surface area contributed by atoms with E-state index >= 15 is 0 Å². The van der Waals surface area contributed by atoms with Gasteiger partial charge in [0.15, 0.2) is 11.0 Å². The van der Waals surface area contributed by atoms with Crippen LogP contribution < -0.4 is 5.32 Å². The number of hydrogen-bond donors (Lipinski definition) is 2. The fourth-order valence-electron chi connectivity index (χ4n) is 3.13. The molecule has 2 aromatic heterocycles. The summed E-state index contributed by atoms with van der Waals surface area (Å²) in [7, 11) is 0. The molecule has 29 heavy (non-hydrogen) atoms. The Morgan fingerprint density at radius 1 is 1.24 bits per heavy atom. The number of rotatable bonds is 6. The Morgan fingerprint density at radius 2 is 2.07 bits per heavy atom. The van der Waals surface area contributed by atoms with Gasteiger partial charge in [0.1, 0.15) is 0 Å². The van der Waals surface area contributed by atoms with E-state index in [1.807, 2.05) is 54.9 Å². The molecule has 2 aromatic carbocycles. The minimum absolute atomic E-state index is 0.116. The first-order valence-electron chi connectivity index (χ1n) is 9.25. The number of H-pyrrole nitrogens is 1. The van der Waals surface area contributed by atoms with E-state index in [1.54, 1.807) is 6.07 Å². The van der Waals surface area contributed by atoms with Crippen LogP contribution in [0.1, 0.15) is 12.5 Å². The summed E-state index contributed by atoms with van der Waals surface area (Å²) in [6.45, 7) is 4.67. The van der Waals surface area contributed by atoms with Crippen molar-refractivity contribution >= 4 is 45.9 Å². The predicted molar refractivity (Wildman–Crippen MR) is 119 cm³/mol. The number of nitrogens with zero attached hydrogens (tertiary/aromatic N) is 3. The number of benzene rings is 2. The third-order valence-electron chi connectivity index (χ3n) is 4.65. The van der Waals surface area contributed by atoms with Gasteiger partial charge in [-0.25, -0.2) is 0 Å². The van der Waals surface area contributed by atoms with Crippen molar-refractivity contribution in [2.45, 2.75) is 25.5 Å². The van der Waals surface area contributed by atoms with E-state index in [2.05, 4.69) is 26.6 Å². The number of amides is 1. The van der Waals surface area contributed by atoms with E-state index in [4.69, 9.17) is 11.6 Å². The zero-order chi connectivity index (χ0) is 20.4. The van der Waals surface area contributed by atoms with Gasteiger partial charge in [0.05, 0.1) is 5.75 Å². The predicted octanol–water partition coefficient (Wildman–Crippen LogP) is 5.14. The lowest BCUT2D eigenvalue weighted by Gasteiger charge is -2.08. The summed E-state index contributed by atoms with van der Waals surface area (Å²) < 4.78 is 2.02. The molecule has 2 heterocycles. The van der Waals surface area contributed by atoms with E-state index in [1.165, 1.54) is 11.8 Å². The maximum absolute atomic E-state index is 12.4. The Labute approximate surface area is 177 Å². The van der Waals surface area contributed by atoms with Crippen LogP contribution in [0.4, 0.5) is 5.69 Å². The van der Waals surface area contributed by atoms with Crippen molar-refractivity contribution in [3.8, 4) is 11.4 Å². The van der Waals surface area contributed by atoms with Gasteiger partial charge in [-0.2, -0.15) is 0 Å². The minimum Gasteiger partial charge on any atom is -0.360 e. The Kier molecular flexibility index (Phi) is 5.60. The highest BCUT2D eigenvalue weighted by atomic mass is 35.5. The molecule has 6 nitrogen and oxygen atoms in total. The highest BCUT2D eigenvalue weighted by molar-refractivity contribution is 7.99. The number of halogens is 1. The fourth-order valence-corrected chi connectivity index (χ4v) is 4.12. The highest BCUT2D eigenvalue weighted by Gasteiger charge is 2.17. The molecule has 8 heteroatoms. The third kappa shape index (κ3) is 4.02. The van der Waals surface area contributed by atoms with Crippen LogP contribution in [0.2, 0.25) is 5.02 Å². The van der Waals surface area contributed by atoms with Crippen LogP contribution in [0.25, 0.3) is 22.3 Å². The van der Waals surface area contributed by atoms with Crippen molar-refractivity contribution in [2.24, 2.45) is 0 Å². The Morgan fingerprint density at radius 3 is 2.86 bits per heavy atom. The second kappa shape index (κ2) is 8.31. The summed E-state index contributed by atoms with van der Waals surface area (Å²) in [4.78, 5) is 15.6. The average molecular weight is 426 g/mol.